The van der Waals surface area contributed by atoms with Gasteiger partial charge in [0.25, 0.3) is 0 Å². The van der Waals surface area contributed by atoms with Crippen molar-refractivity contribution in [1.82, 2.24) is 9.80 Å². The van der Waals surface area contributed by atoms with Crippen molar-refractivity contribution in [3.05, 3.63) is 0 Å². The molecular weight excluding hydrogens is 216 g/mol. The van der Waals surface area contributed by atoms with Crippen LogP contribution in [0.25, 0.3) is 0 Å². The van der Waals surface area contributed by atoms with Crippen LogP contribution in [-0.4, -0.2) is 59.1 Å². The van der Waals surface area contributed by atoms with Crippen molar-refractivity contribution < 1.29 is 5.21 Å². The first-order chi connectivity index (χ1) is 8.26. The van der Waals surface area contributed by atoms with Crippen LogP contribution in [0.2, 0.25) is 0 Å². The summed E-state index contributed by atoms with van der Waals surface area (Å²) in [5.74, 6) is 0.358. The first-order valence-corrected chi connectivity index (χ1v) is 6.71. The monoisotopic (exact) mass is 240 g/mol. The summed E-state index contributed by atoms with van der Waals surface area (Å²) in [6, 6.07) is 0.780. The lowest BCUT2D eigenvalue weighted by molar-refractivity contribution is 0.0388. The molecule has 0 aromatic heterocycles. The number of nitrogens with zero attached hydrogens (tertiary/aromatic N) is 3. The van der Waals surface area contributed by atoms with E-state index in [9.17, 15) is 0 Å². The maximum atomic E-state index is 8.83. The second-order valence-corrected chi connectivity index (χ2v) is 5.13. The van der Waals surface area contributed by atoms with Gasteiger partial charge in [0.15, 0.2) is 5.84 Å². The first kappa shape index (κ1) is 12.6. The Balaban J connectivity index is 1.98. The van der Waals surface area contributed by atoms with Crippen LogP contribution < -0.4 is 5.73 Å². The Hall–Kier alpha value is -0.810. The number of fused-ring (bicyclic) bond motifs is 1. The molecule has 0 amide bonds. The molecule has 0 spiro atoms. The van der Waals surface area contributed by atoms with Crippen LogP contribution in [0.3, 0.4) is 0 Å². The molecule has 5 heteroatoms. The van der Waals surface area contributed by atoms with E-state index in [1.165, 1.54) is 25.8 Å². The Morgan fingerprint density at radius 2 is 2.24 bits per heavy atom. The summed E-state index contributed by atoms with van der Waals surface area (Å²) in [5.41, 5.74) is 5.77. The van der Waals surface area contributed by atoms with E-state index in [0.717, 1.165) is 26.1 Å². The largest absolute Gasteiger partial charge is 0.409 e. The standard InChI is InChI=1S/C12H24N4O/c1-2-11(12(13)14-17)16-8-7-15-6-4-3-5-10(15)9-16/h10-11,17H,2-9H2,1H3,(H2,13,14). The number of piperazine rings is 1. The minimum atomic E-state index is 0.101. The highest BCUT2D eigenvalue weighted by molar-refractivity contribution is 5.85. The zero-order valence-electron chi connectivity index (χ0n) is 10.7. The Morgan fingerprint density at radius 3 is 2.94 bits per heavy atom. The van der Waals surface area contributed by atoms with Gasteiger partial charge in [-0.3, -0.25) is 9.80 Å². The maximum absolute atomic E-state index is 8.83. The summed E-state index contributed by atoms with van der Waals surface area (Å²) in [5, 5.41) is 12.0. The van der Waals surface area contributed by atoms with E-state index in [1.54, 1.807) is 0 Å². The van der Waals surface area contributed by atoms with Gasteiger partial charge in [-0.15, -0.1) is 0 Å². The first-order valence-electron chi connectivity index (χ1n) is 6.71. The average Bonchev–Trinajstić information content (AvgIpc) is 2.39. The van der Waals surface area contributed by atoms with Gasteiger partial charge in [-0.25, -0.2) is 0 Å². The van der Waals surface area contributed by atoms with Crippen molar-refractivity contribution in [3.8, 4) is 0 Å². The molecule has 0 bridgehead atoms. The minimum absolute atomic E-state index is 0.101. The summed E-state index contributed by atoms with van der Waals surface area (Å²) in [6.45, 7) is 6.56. The van der Waals surface area contributed by atoms with Gasteiger partial charge in [-0.1, -0.05) is 18.5 Å². The molecule has 2 saturated heterocycles. The number of piperidine rings is 1. The van der Waals surface area contributed by atoms with Gasteiger partial charge in [0.1, 0.15) is 0 Å². The molecule has 0 aromatic carbocycles. The van der Waals surface area contributed by atoms with Crippen LogP contribution in [0, 0.1) is 0 Å². The summed E-state index contributed by atoms with van der Waals surface area (Å²) >= 11 is 0. The third-order valence-corrected chi connectivity index (χ3v) is 4.15. The van der Waals surface area contributed by atoms with Crippen LogP contribution in [0.4, 0.5) is 0 Å². The maximum Gasteiger partial charge on any atom is 0.156 e. The lowest BCUT2D eigenvalue weighted by atomic mass is 9.98. The van der Waals surface area contributed by atoms with Crippen LogP contribution >= 0.6 is 0 Å². The Kier molecular flexibility index (Phi) is 4.23. The Bertz CT molecular complexity index is 282. The fourth-order valence-electron chi connectivity index (χ4n) is 3.18. The van der Waals surface area contributed by atoms with E-state index in [2.05, 4.69) is 21.9 Å². The molecular formula is C12H24N4O. The molecule has 98 valence electrons. The van der Waals surface area contributed by atoms with Gasteiger partial charge in [-0.2, -0.15) is 0 Å². The van der Waals surface area contributed by atoms with E-state index in [-0.39, 0.29) is 6.04 Å². The minimum Gasteiger partial charge on any atom is -0.409 e. The number of nitrogens with two attached hydrogens (primary N) is 1. The van der Waals surface area contributed by atoms with E-state index < -0.39 is 0 Å². The lowest BCUT2D eigenvalue weighted by Gasteiger charge is -2.46. The highest BCUT2D eigenvalue weighted by Crippen LogP contribution is 2.22. The van der Waals surface area contributed by atoms with Crippen molar-refractivity contribution in [3.63, 3.8) is 0 Å². The molecule has 2 fully saturated rings. The Labute approximate surface area is 103 Å². The summed E-state index contributed by atoms with van der Waals surface area (Å²) < 4.78 is 0. The third-order valence-electron chi connectivity index (χ3n) is 4.15. The molecule has 2 aliphatic rings. The van der Waals surface area contributed by atoms with Crippen molar-refractivity contribution in [2.75, 3.05) is 26.2 Å². The smallest absolute Gasteiger partial charge is 0.156 e. The lowest BCUT2D eigenvalue weighted by Crippen LogP contribution is -2.59. The molecule has 0 saturated carbocycles. The van der Waals surface area contributed by atoms with Gasteiger partial charge in [0.05, 0.1) is 6.04 Å². The van der Waals surface area contributed by atoms with Crippen LogP contribution in [0.15, 0.2) is 5.16 Å². The fourth-order valence-corrected chi connectivity index (χ4v) is 3.18. The quantitative estimate of drug-likeness (QED) is 0.329. The topological polar surface area (TPSA) is 65.1 Å². The van der Waals surface area contributed by atoms with Crippen molar-refractivity contribution in [1.29, 1.82) is 0 Å². The Morgan fingerprint density at radius 1 is 1.41 bits per heavy atom. The number of rotatable bonds is 3. The van der Waals surface area contributed by atoms with E-state index in [4.69, 9.17) is 10.9 Å². The van der Waals surface area contributed by atoms with E-state index in [0.29, 0.717) is 11.9 Å². The van der Waals surface area contributed by atoms with Crippen LogP contribution in [0.5, 0.6) is 0 Å². The fraction of sp³-hybridized carbons (Fsp3) is 0.917. The molecule has 2 heterocycles. The predicted octanol–water partition coefficient (Wildman–Crippen LogP) is 0.682. The van der Waals surface area contributed by atoms with E-state index in [1.807, 2.05) is 0 Å². The third kappa shape index (κ3) is 2.72. The molecule has 0 radical (unpaired) electrons. The molecule has 17 heavy (non-hydrogen) atoms. The predicted molar refractivity (Wildman–Crippen MR) is 68.3 cm³/mol. The van der Waals surface area contributed by atoms with Gasteiger partial charge in [0.2, 0.25) is 0 Å². The van der Waals surface area contributed by atoms with Crippen LogP contribution in [-0.2, 0) is 0 Å². The highest BCUT2D eigenvalue weighted by atomic mass is 16.4. The van der Waals surface area contributed by atoms with E-state index >= 15 is 0 Å². The molecule has 2 rings (SSSR count). The van der Waals surface area contributed by atoms with Gasteiger partial charge in [0, 0.05) is 25.7 Å². The zero-order chi connectivity index (χ0) is 12.3. The molecule has 0 aliphatic carbocycles. The number of amidine groups is 1. The second kappa shape index (κ2) is 5.69. The normalized spacial score (nSPS) is 29.9. The summed E-state index contributed by atoms with van der Waals surface area (Å²) in [4.78, 5) is 4.97. The molecule has 0 aromatic rings. The summed E-state index contributed by atoms with van der Waals surface area (Å²) in [6.07, 6.45) is 4.88. The molecule has 5 nitrogen and oxygen atoms in total. The number of oxime groups is 1. The number of hydrogen-bond donors (Lipinski definition) is 2. The summed E-state index contributed by atoms with van der Waals surface area (Å²) in [7, 11) is 0. The molecule has 2 aliphatic heterocycles. The zero-order valence-corrected chi connectivity index (χ0v) is 10.7. The van der Waals surface area contributed by atoms with Crippen LogP contribution in [0.1, 0.15) is 32.6 Å². The van der Waals surface area contributed by atoms with Crippen molar-refractivity contribution >= 4 is 5.84 Å². The second-order valence-electron chi connectivity index (χ2n) is 5.13. The SMILES string of the molecule is CCC(C(N)=NO)N1CCN2CCCCC2C1. The highest BCUT2D eigenvalue weighted by Gasteiger charge is 2.32. The molecule has 3 N–H and O–H groups in total. The average molecular weight is 240 g/mol. The molecule has 2 atom stereocenters. The molecule has 2 unspecified atom stereocenters. The number of hydrogen-bond acceptors (Lipinski definition) is 4. The van der Waals surface area contributed by atoms with Gasteiger partial charge < -0.3 is 10.9 Å². The van der Waals surface area contributed by atoms with Crippen molar-refractivity contribution in [2.24, 2.45) is 10.9 Å². The van der Waals surface area contributed by atoms with Gasteiger partial charge >= 0.3 is 0 Å². The van der Waals surface area contributed by atoms with Crippen molar-refractivity contribution in [2.45, 2.75) is 44.7 Å². The van der Waals surface area contributed by atoms with Gasteiger partial charge in [-0.05, 0) is 25.8 Å².